The number of methoxy groups -OCH3 is 1. The fourth-order valence-electron chi connectivity index (χ4n) is 2.91. The zero-order valence-corrected chi connectivity index (χ0v) is 14.7. The van der Waals surface area contributed by atoms with Crippen LogP contribution in [0.25, 0.3) is 0 Å². The Morgan fingerprint density at radius 1 is 1.28 bits per heavy atom. The zero-order valence-electron chi connectivity index (χ0n) is 14.7. The van der Waals surface area contributed by atoms with Gasteiger partial charge in [0.05, 0.1) is 24.0 Å². The van der Waals surface area contributed by atoms with Crippen molar-refractivity contribution in [1.82, 2.24) is 4.98 Å². The van der Waals surface area contributed by atoms with E-state index in [1.807, 2.05) is 6.07 Å². The molecule has 1 aliphatic rings. The van der Waals surface area contributed by atoms with Gasteiger partial charge in [0.1, 0.15) is 11.6 Å². The number of carbonyl (C=O) groups excluding carboxylic acids is 1. The Balaban J connectivity index is 1.69. The lowest BCUT2D eigenvalue weighted by atomic mass is 9.99. The highest BCUT2D eigenvalue weighted by Gasteiger charge is 2.17. The van der Waals surface area contributed by atoms with Crippen molar-refractivity contribution in [2.75, 3.05) is 36.1 Å². The number of carbonyl (C=O) groups is 1. The number of rotatable bonds is 4. The Bertz CT molecular complexity index is 738. The van der Waals surface area contributed by atoms with E-state index < -0.39 is 0 Å². The van der Waals surface area contributed by atoms with Gasteiger partial charge in [-0.2, -0.15) is 0 Å². The summed E-state index contributed by atoms with van der Waals surface area (Å²) in [6.07, 6.45) is 3.97. The van der Waals surface area contributed by atoms with E-state index in [2.05, 4.69) is 22.1 Å². The van der Waals surface area contributed by atoms with E-state index in [0.29, 0.717) is 22.7 Å². The summed E-state index contributed by atoms with van der Waals surface area (Å²) in [6.45, 7) is 4.31. The highest BCUT2D eigenvalue weighted by atomic mass is 16.5. The normalized spacial score (nSPS) is 15.0. The monoisotopic (exact) mass is 340 g/mol. The molecule has 1 aromatic heterocycles. The topological polar surface area (TPSA) is 80.5 Å². The maximum Gasteiger partial charge on any atom is 0.257 e. The number of hydrogen-bond acceptors (Lipinski definition) is 5. The van der Waals surface area contributed by atoms with E-state index in [4.69, 9.17) is 10.5 Å². The zero-order chi connectivity index (χ0) is 17.8. The first-order valence-corrected chi connectivity index (χ1v) is 8.52. The van der Waals surface area contributed by atoms with E-state index in [-0.39, 0.29) is 5.91 Å². The lowest BCUT2D eigenvalue weighted by Gasteiger charge is -2.31. The molecule has 0 aliphatic carbocycles. The van der Waals surface area contributed by atoms with E-state index in [0.717, 1.165) is 24.8 Å². The molecule has 1 saturated heterocycles. The number of aromatic nitrogens is 1. The SMILES string of the molecule is COc1ccc(N)c(NC(=O)c2ccc(N3CCC(C)CC3)nc2)c1. The third kappa shape index (κ3) is 4.02. The molecule has 0 bridgehead atoms. The minimum atomic E-state index is -0.244. The van der Waals surface area contributed by atoms with E-state index in [1.165, 1.54) is 12.8 Å². The van der Waals surface area contributed by atoms with Gasteiger partial charge in [0.2, 0.25) is 0 Å². The molecular formula is C19H24N4O2. The van der Waals surface area contributed by atoms with Gasteiger partial charge in [-0.1, -0.05) is 6.92 Å². The molecule has 2 heterocycles. The van der Waals surface area contributed by atoms with Crippen molar-refractivity contribution in [3.8, 4) is 5.75 Å². The Labute approximate surface area is 148 Å². The molecule has 6 nitrogen and oxygen atoms in total. The second-order valence-electron chi connectivity index (χ2n) is 6.48. The number of nitrogens with zero attached hydrogens (tertiary/aromatic N) is 2. The number of hydrogen-bond donors (Lipinski definition) is 2. The van der Waals surface area contributed by atoms with Gasteiger partial charge in [0.25, 0.3) is 5.91 Å². The third-order valence-electron chi connectivity index (χ3n) is 4.63. The van der Waals surface area contributed by atoms with Crippen molar-refractivity contribution in [2.45, 2.75) is 19.8 Å². The number of benzene rings is 1. The average Bonchev–Trinajstić information content (AvgIpc) is 2.64. The Kier molecular flexibility index (Phi) is 5.07. The maximum absolute atomic E-state index is 12.4. The van der Waals surface area contributed by atoms with Crippen LogP contribution in [0.2, 0.25) is 0 Å². The predicted molar refractivity (Wildman–Crippen MR) is 100 cm³/mol. The molecule has 3 N–H and O–H groups in total. The quantitative estimate of drug-likeness (QED) is 0.836. The highest BCUT2D eigenvalue weighted by molar-refractivity contribution is 6.05. The van der Waals surface area contributed by atoms with Gasteiger partial charge in [-0.15, -0.1) is 0 Å². The van der Waals surface area contributed by atoms with Gasteiger partial charge in [0.15, 0.2) is 0 Å². The van der Waals surface area contributed by atoms with E-state index >= 15 is 0 Å². The molecule has 0 saturated carbocycles. The molecular weight excluding hydrogens is 316 g/mol. The van der Waals surface area contributed by atoms with Crippen molar-refractivity contribution in [3.05, 3.63) is 42.1 Å². The summed E-state index contributed by atoms with van der Waals surface area (Å²) >= 11 is 0. The number of piperidine rings is 1. The summed E-state index contributed by atoms with van der Waals surface area (Å²) in [5, 5.41) is 2.81. The second kappa shape index (κ2) is 7.42. The molecule has 1 aliphatic heterocycles. The van der Waals surface area contributed by atoms with Crippen molar-refractivity contribution in [1.29, 1.82) is 0 Å². The molecule has 0 atom stereocenters. The first kappa shape index (κ1) is 17.1. The Hall–Kier alpha value is -2.76. The standard InChI is InChI=1S/C19H24N4O2/c1-13-7-9-23(10-8-13)18-6-3-14(12-21-18)19(24)22-17-11-15(25-2)4-5-16(17)20/h3-6,11-13H,7-10,20H2,1-2H3,(H,22,24). The van der Waals surface area contributed by atoms with E-state index in [9.17, 15) is 4.79 Å². The molecule has 0 radical (unpaired) electrons. The molecule has 3 rings (SSSR count). The van der Waals surface area contributed by atoms with Crippen LogP contribution >= 0.6 is 0 Å². The summed E-state index contributed by atoms with van der Waals surface area (Å²) in [5.74, 6) is 2.09. The molecule has 132 valence electrons. The number of nitrogens with one attached hydrogen (secondary N) is 1. The second-order valence-corrected chi connectivity index (χ2v) is 6.48. The van der Waals surface area contributed by atoms with Crippen LogP contribution in [0.5, 0.6) is 5.75 Å². The minimum absolute atomic E-state index is 0.244. The molecule has 6 heteroatoms. The van der Waals surface area contributed by atoms with Crippen molar-refractivity contribution in [2.24, 2.45) is 5.92 Å². The fraction of sp³-hybridized carbons (Fsp3) is 0.368. The Morgan fingerprint density at radius 3 is 2.68 bits per heavy atom. The minimum Gasteiger partial charge on any atom is -0.497 e. The number of nitrogen functional groups attached to an aromatic ring is 1. The van der Waals surface area contributed by atoms with Gasteiger partial charge >= 0.3 is 0 Å². The number of nitrogens with two attached hydrogens (primary N) is 1. The van der Waals surface area contributed by atoms with Crippen LogP contribution in [-0.2, 0) is 0 Å². The fourth-order valence-corrected chi connectivity index (χ4v) is 2.91. The van der Waals surface area contributed by atoms with Gasteiger partial charge in [0, 0.05) is 25.4 Å². The molecule has 2 aromatic rings. The summed E-state index contributed by atoms with van der Waals surface area (Å²) < 4.78 is 5.16. The lowest BCUT2D eigenvalue weighted by Crippen LogP contribution is -2.33. The van der Waals surface area contributed by atoms with Crippen LogP contribution in [0.15, 0.2) is 36.5 Å². The molecule has 0 unspecified atom stereocenters. The largest absolute Gasteiger partial charge is 0.497 e. The lowest BCUT2D eigenvalue weighted by molar-refractivity contribution is 0.102. The van der Waals surface area contributed by atoms with E-state index in [1.54, 1.807) is 37.6 Å². The molecule has 25 heavy (non-hydrogen) atoms. The predicted octanol–water partition coefficient (Wildman–Crippen LogP) is 3.16. The van der Waals surface area contributed by atoms with Gasteiger partial charge < -0.3 is 20.7 Å². The smallest absolute Gasteiger partial charge is 0.257 e. The van der Waals surface area contributed by atoms with Crippen LogP contribution in [-0.4, -0.2) is 31.1 Å². The first-order chi connectivity index (χ1) is 12.1. The first-order valence-electron chi connectivity index (χ1n) is 8.52. The number of pyridine rings is 1. The van der Waals surface area contributed by atoms with Gasteiger partial charge in [-0.25, -0.2) is 4.98 Å². The highest BCUT2D eigenvalue weighted by Crippen LogP contribution is 2.25. The van der Waals surface area contributed by atoms with Crippen LogP contribution in [0, 0.1) is 5.92 Å². The van der Waals surface area contributed by atoms with Crippen LogP contribution in [0.1, 0.15) is 30.1 Å². The van der Waals surface area contributed by atoms with Crippen LogP contribution in [0.4, 0.5) is 17.2 Å². The van der Waals surface area contributed by atoms with Crippen molar-refractivity contribution >= 4 is 23.1 Å². The summed E-state index contributed by atoms with van der Waals surface area (Å²) in [5.41, 5.74) is 7.42. The van der Waals surface area contributed by atoms with Crippen molar-refractivity contribution in [3.63, 3.8) is 0 Å². The average molecular weight is 340 g/mol. The maximum atomic E-state index is 12.4. The summed E-state index contributed by atoms with van der Waals surface area (Å²) in [6, 6.07) is 8.85. The van der Waals surface area contributed by atoms with Crippen LogP contribution < -0.4 is 20.7 Å². The number of amides is 1. The van der Waals surface area contributed by atoms with Crippen molar-refractivity contribution < 1.29 is 9.53 Å². The molecule has 1 aromatic carbocycles. The summed E-state index contributed by atoms with van der Waals surface area (Å²) in [7, 11) is 1.57. The summed E-state index contributed by atoms with van der Waals surface area (Å²) in [4.78, 5) is 19.2. The Morgan fingerprint density at radius 2 is 2.04 bits per heavy atom. The van der Waals surface area contributed by atoms with Gasteiger partial charge in [-0.3, -0.25) is 4.79 Å². The molecule has 1 fully saturated rings. The number of anilines is 3. The third-order valence-corrected chi connectivity index (χ3v) is 4.63. The number of ether oxygens (including phenoxy) is 1. The molecule has 1 amide bonds. The van der Waals surface area contributed by atoms with Gasteiger partial charge in [-0.05, 0) is 43.0 Å². The van der Waals surface area contributed by atoms with Crippen LogP contribution in [0.3, 0.4) is 0 Å². The molecule has 0 spiro atoms.